The van der Waals surface area contributed by atoms with Crippen molar-refractivity contribution >= 4 is 17.2 Å². The Morgan fingerprint density at radius 3 is 2.64 bits per heavy atom. The van der Waals surface area contributed by atoms with Gasteiger partial charge < -0.3 is 5.32 Å². The summed E-state index contributed by atoms with van der Waals surface area (Å²) in [4.78, 5) is 20.6. The zero-order valence-corrected chi connectivity index (χ0v) is 12.7. The molecule has 3 aromatic rings. The van der Waals surface area contributed by atoms with Gasteiger partial charge in [0.2, 0.25) is 5.91 Å². The van der Waals surface area contributed by atoms with Crippen molar-refractivity contribution in [2.45, 2.75) is 13.0 Å². The Hall–Kier alpha value is -2.53. The maximum atomic E-state index is 11.9. The number of hydrogen-bond acceptors (Lipinski definition) is 4. The smallest absolute Gasteiger partial charge is 0.226 e. The summed E-state index contributed by atoms with van der Waals surface area (Å²) in [6, 6.07) is 15.6. The number of nitrogens with one attached hydrogen (secondary N) is 1. The maximum absolute atomic E-state index is 11.9. The second-order valence-electron chi connectivity index (χ2n) is 4.78. The van der Waals surface area contributed by atoms with Gasteiger partial charge in [0.1, 0.15) is 5.01 Å². The highest BCUT2D eigenvalue weighted by molar-refractivity contribution is 7.13. The highest BCUT2D eigenvalue weighted by Gasteiger charge is 2.07. The van der Waals surface area contributed by atoms with Crippen molar-refractivity contribution in [3.8, 4) is 10.6 Å². The molecule has 0 fully saturated rings. The molecule has 0 saturated heterocycles. The van der Waals surface area contributed by atoms with Crippen molar-refractivity contribution < 1.29 is 4.79 Å². The minimum atomic E-state index is -0.0482. The number of pyridine rings is 1. The molecule has 1 aromatic carbocycles. The summed E-state index contributed by atoms with van der Waals surface area (Å²) in [6.45, 7) is 0.439. The van der Waals surface area contributed by atoms with E-state index in [0.717, 1.165) is 22.0 Å². The molecule has 0 spiro atoms. The normalized spacial score (nSPS) is 10.4. The van der Waals surface area contributed by atoms with Crippen LogP contribution in [0, 0.1) is 0 Å². The zero-order chi connectivity index (χ0) is 15.2. The number of benzene rings is 1. The number of aromatic nitrogens is 2. The van der Waals surface area contributed by atoms with Gasteiger partial charge in [-0.2, -0.15) is 0 Å². The molecule has 4 nitrogen and oxygen atoms in total. The first-order valence-electron chi connectivity index (χ1n) is 6.98. The lowest BCUT2D eigenvalue weighted by atomic mass is 10.2. The monoisotopic (exact) mass is 309 g/mol. The van der Waals surface area contributed by atoms with E-state index < -0.39 is 0 Å². The van der Waals surface area contributed by atoms with Crippen molar-refractivity contribution in [1.29, 1.82) is 0 Å². The van der Waals surface area contributed by atoms with E-state index in [1.807, 2.05) is 53.9 Å². The lowest BCUT2D eigenvalue weighted by molar-refractivity contribution is -0.120. The van der Waals surface area contributed by atoms with Gasteiger partial charge in [0, 0.05) is 22.8 Å². The van der Waals surface area contributed by atoms with Gasteiger partial charge in [0.05, 0.1) is 18.7 Å². The Morgan fingerprint density at radius 1 is 1.05 bits per heavy atom. The van der Waals surface area contributed by atoms with Gasteiger partial charge in [-0.15, -0.1) is 11.3 Å². The fraction of sp³-hybridized carbons (Fsp3) is 0.118. The number of carbonyl (C=O) groups is 1. The van der Waals surface area contributed by atoms with Gasteiger partial charge in [0.25, 0.3) is 0 Å². The average molecular weight is 309 g/mol. The molecule has 0 unspecified atom stereocenters. The van der Waals surface area contributed by atoms with Crippen molar-refractivity contribution in [3.63, 3.8) is 0 Å². The van der Waals surface area contributed by atoms with Crippen molar-refractivity contribution in [2.24, 2.45) is 0 Å². The summed E-state index contributed by atoms with van der Waals surface area (Å²) in [5, 5.41) is 5.82. The van der Waals surface area contributed by atoms with Crippen LogP contribution in [0.1, 0.15) is 11.4 Å². The van der Waals surface area contributed by atoms with Crippen molar-refractivity contribution in [2.75, 3.05) is 0 Å². The lowest BCUT2D eigenvalue weighted by Gasteiger charge is -2.02. The lowest BCUT2D eigenvalue weighted by Crippen LogP contribution is -2.25. The third kappa shape index (κ3) is 3.77. The summed E-state index contributed by atoms with van der Waals surface area (Å²) >= 11 is 1.58. The predicted octanol–water partition coefficient (Wildman–Crippen LogP) is 3.06. The molecule has 0 aliphatic rings. The molecular weight excluding hydrogens is 294 g/mol. The summed E-state index contributed by atoms with van der Waals surface area (Å²) in [6.07, 6.45) is 1.98. The third-order valence-corrected chi connectivity index (χ3v) is 4.05. The fourth-order valence-electron chi connectivity index (χ4n) is 2.02. The van der Waals surface area contributed by atoms with Crippen LogP contribution in [0.4, 0.5) is 0 Å². The standard InChI is InChI=1S/C17H15N3OS/c21-16(10-14-8-4-5-9-18-14)19-11-15-12-22-17(20-15)13-6-2-1-3-7-13/h1-9,12H,10-11H2,(H,19,21). The minimum Gasteiger partial charge on any atom is -0.350 e. The highest BCUT2D eigenvalue weighted by Crippen LogP contribution is 2.23. The Morgan fingerprint density at radius 2 is 1.86 bits per heavy atom. The third-order valence-electron chi connectivity index (χ3n) is 3.11. The van der Waals surface area contributed by atoms with Crippen molar-refractivity contribution in [1.82, 2.24) is 15.3 Å². The molecule has 2 heterocycles. The molecule has 110 valence electrons. The van der Waals surface area contributed by atoms with Gasteiger partial charge in [-0.3, -0.25) is 9.78 Å². The van der Waals surface area contributed by atoms with E-state index in [9.17, 15) is 4.79 Å². The maximum Gasteiger partial charge on any atom is 0.226 e. The fourth-order valence-corrected chi connectivity index (χ4v) is 2.85. The SMILES string of the molecule is O=C(Cc1ccccn1)NCc1csc(-c2ccccc2)n1. The first-order valence-corrected chi connectivity index (χ1v) is 7.85. The molecule has 2 aromatic heterocycles. The molecule has 5 heteroatoms. The number of rotatable bonds is 5. The topological polar surface area (TPSA) is 54.9 Å². The first kappa shape index (κ1) is 14.4. The Labute approximate surface area is 132 Å². The van der Waals surface area contributed by atoms with Crippen LogP contribution in [0.3, 0.4) is 0 Å². The van der Waals surface area contributed by atoms with E-state index >= 15 is 0 Å². The Kier molecular flexibility index (Phi) is 4.56. The molecule has 0 aliphatic heterocycles. The van der Waals surface area contributed by atoms with E-state index in [2.05, 4.69) is 15.3 Å². The number of hydrogen-bond donors (Lipinski definition) is 1. The van der Waals surface area contributed by atoms with Gasteiger partial charge in [-0.05, 0) is 12.1 Å². The number of carbonyl (C=O) groups excluding carboxylic acids is 1. The van der Waals surface area contributed by atoms with Crippen LogP contribution in [-0.4, -0.2) is 15.9 Å². The molecular formula is C17H15N3OS. The van der Waals surface area contributed by atoms with Crippen LogP contribution in [0.15, 0.2) is 60.1 Å². The zero-order valence-electron chi connectivity index (χ0n) is 11.9. The molecule has 0 radical (unpaired) electrons. The summed E-state index contributed by atoms with van der Waals surface area (Å²) in [5.74, 6) is -0.0482. The number of amides is 1. The Bertz CT molecular complexity index is 741. The van der Waals surface area contributed by atoms with Crippen LogP contribution in [0.5, 0.6) is 0 Å². The average Bonchev–Trinajstić information content (AvgIpc) is 3.04. The van der Waals surface area contributed by atoms with E-state index in [1.54, 1.807) is 17.5 Å². The van der Waals surface area contributed by atoms with Gasteiger partial charge in [-0.1, -0.05) is 36.4 Å². The van der Waals surface area contributed by atoms with E-state index in [0.29, 0.717) is 6.54 Å². The quantitative estimate of drug-likeness (QED) is 0.788. The van der Waals surface area contributed by atoms with Gasteiger partial charge in [-0.25, -0.2) is 4.98 Å². The van der Waals surface area contributed by atoms with Crippen molar-refractivity contribution in [3.05, 3.63) is 71.5 Å². The highest BCUT2D eigenvalue weighted by atomic mass is 32.1. The summed E-state index contributed by atoms with van der Waals surface area (Å²) < 4.78 is 0. The largest absolute Gasteiger partial charge is 0.350 e. The second kappa shape index (κ2) is 6.95. The number of nitrogens with zero attached hydrogens (tertiary/aromatic N) is 2. The van der Waals surface area contributed by atoms with E-state index in [-0.39, 0.29) is 12.3 Å². The van der Waals surface area contributed by atoms with Crippen LogP contribution in [0.25, 0.3) is 10.6 Å². The summed E-state index contributed by atoms with van der Waals surface area (Å²) in [7, 11) is 0. The van der Waals surface area contributed by atoms with Crippen LogP contribution in [-0.2, 0) is 17.8 Å². The molecule has 0 bridgehead atoms. The molecule has 1 N–H and O–H groups in total. The van der Waals surface area contributed by atoms with Gasteiger partial charge in [0.15, 0.2) is 0 Å². The Balaban J connectivity index is 1.56. The summed E-state index contributed by atoms with van der Waals surface area (Å²) in [5.41, 5.74) is 2.74. The second-order valence-corrected chi connectivity index (χ2v) is 5.64. The molecule has 1 amide bonds. The number of thiazole rings is 1. The van der Waals surface area contributed by atoms with E-state index in [4.69, 9.17) is 0 Å². The van der Waals surface area contributed by atoms with Crippen LogP contribution in [0.2, 0.25) is 0 Å². The van der Waals surface area contributed by atoms with E-state index in [1.165, 1.54) is 0 Å². The van der Waals surface area contributed by atoms with Gasteiger partial charge >= 0.3 is 0 Å². The molecule has 0 atom stereocenters. The van der Waals surface area contributed by atoms with Crippen LogP contribution < -0.4 is 5.32 Å². The van der Waals surface area contributed by atoms with Crippen LogP contribution >= 0.6 is 11.3 Å². The minimum absolute atomic E-state index is 0.0482. The first-order chi connectivity index (χ1) is 10.8. The molecule has 22 heavy (non-hydrogen) atoms. The molecule has 3 rings (SSSR count). The predicted molar refractivity (Wildman–Crippen MR) is 87.3 cm³/mol. The molecule has 0 saturated carbocycles. The molecule has 0 aliphatic carbocycles.